The molecule has 0 bridgehead atoms. The standard InChI is InChI=1S/C23H29FN2O6S/c1-16-7-9-17(10-8-16)18-14-20(27)26(15-19(18)24)12-11-23(2,33(3,29)30)22(28)25-32-21-6-4-5-13-31-21/h7-10,14-15,21H,4-6,11-13H2,1-3H3,(H,25,28)/t21?,23-/m1/s1. The molecule has 0 radical (unpaired) electrons. The Morgan fingerprint density at radius 2 is 2.00 bits per heavy atom. The number of amides is 1. The first kappa shape index (κ1) is 25.1. The Morgan fingerprint density at radius 1 is 1.30 bits per heavy atom. The molecule has 1 aromatic carbocycles. The molecule has 1 aliphatic heterocycles. The summed E-state index contributed by atoms with van der Waals surface area (Å²) in [6.45, 7) is 3.48. The number of nitrogens with one attached hydrogen (secondary N) is 1. The van der Waals surface area contributed by atoms with E-state index in [2.05, 4.69) is 5.48 Å². The van der Waals surface area contributed by atoms with Crippen molar-refractivity contribution < 1.29 is 27.2 Å². The number of hydroxylamine groups is 1. The van der Waals surface area contributed by atoms with Crippen LogP contribution in [0.5, 0.6) is 0 Å². The molecule has 1 N–H and O–H groups in total. The maximum atomic E-state index is 14.8. The van der Waals surface area contributed by atoms with E-state index in [4.69, 9.17) is 9.57 Å². The lowest BCUT2D eigenvalue weighted by Gasteiger charge is -2.28. The van der Waals surface area contributed by atoms with Gasteiger partial charge in [0.2, 0.25) is 0 Å². The molecule has 1 unspecified atom stereocenters. The van der Waals surface area contributed by atoms with E-state index in [1.54, 1.807) is 12.1 Å². The zero-order chi connectivity index (χ0) is 24.2. The van der Waals surface area contributed by atoms with Crippen molar-refractivity contribution in [3.63, 3.8) is 0 Å². The first-order valence-electron chi connectivity index (χ1n) is 10.8. The second-order valence-corrected chi connectivity index (χ2v) is 11.0. The molecule has 2 aromatic rings. The minimum absolute atomic E-state index is 0.153. The lowest BCUT2D eigenvalue weighted by atomic mass is 10.0. The summed E-state index contributed by atoms with van der Waals surface area (Å²) < 4.78 is 44.3. The minimum Gasteiger partial charge on any atom is -0.350 e. The van der Waals surface area contributed by atoms with E-state index < -0.39 is 38.2 Å². The third kappa shape index (κ3) is 5.87. The lowest BCUT2D eigenvalue weighted by molar-refractivity contribution is -0.201. The number of aryl methyl sites for hydroxylation is 2. The van der Waals surface area contributed by atoms with Crippen LogP contribution in [0.1, 0.15) is 38.2 Å². The molecule has 1 amide bonds. The molecule has 0 saturated carbocycles. The number of rotatable bonds is 8. The third-order valence-electron chi connectivity index (χ3n) is 5.99. The SMILES string of the molecule is Cc1ccc(-c2cc(=O)n(CC[C@](C)(C(=O)NOC3CCCCO3)S(C)(=O)=O)cc2F)cc1. The Hall–Kier alpha value is -2.56. The van der Waals surface area contributed by atoms with Crippen molar-refractivity contribution >= 4 is 15.7 Å². The summed E-state index contributed by atoms with van der Waals surface area (Å²) in [5.41, 5.74) is 3.41. The van der Waals surface area contributed by atoms with E-state index in [0.717, 1.165) is 35.4 Å². The van der Waals surface area contributed by atoms with Crippen LogP contribution in [0.2, 0.25) is 0 Å². The Bertz CT molecular complexity index is 1160. The summed E-state index contributed by atoms with van der Waals surface area (Å²) in [4.78, 5) is 30.6. The first-order valence-corrected chi connectivity index (χ1v) is 12.6. The molecule has 1 aromatic heterocycles. The molecule has 3 rings (SSSR count). The monoisotopic (exact) mass is 480 g/mol. The largest absolute Gasteiger partial charge is 0.350 e. The maximum absolute atomic E-state index is 14.8. The van der Waals surface area contributed by atoms with Crippen LogP contribution >= 0.6 is 0 Å². The van der Waals surface area contributed by atoms with Crippen LogP contribution in [0.4, 0.5) is 4.39 Å². The van der Waals surface area contributed by atoms with Crippen LogP contribution in [0.15, 0.2) is 41.3 Å². The summed E-state index contributed by atoms with van der Waals surface area (Å²) >= 11 is 0. The molecule has 8 nitrogen and oxygen atoms in total. The fraction of sp³-hybridized carbons (Fsp3) is 0.478. The average Bonchev–Trinajstić information content (AvgIpc) is 2.78. The quantitative estimate of drug-likeness (QED) is 0.583. The Morgan fingerprint density at radius 3 is 2.61 bits per heavy atom. The van der Waals surface area contributed by atoms with E-state index in [1.165, 1.54) is 13.0 Å². The van der Waals surface area contributed by atoms with Crippen LogP contribution in [-0.4, -0.2) is 42.8 Å². The van der Waals surface area contributed by atoms with Crippen molar-refractivity contribution in [2.45, 2.75) is 57.1 Å². The number of halogens is 1. The third-order valence-corrected chi connectivity index (χ3v) is 8.02. The van der Waals surface area contributed by atoms with Gasteiger partial charge < -0.3 is 9.30 Å². The van der Waals surface area contributed by atoms with Crippen LogP contribution < -0.4 is 11.0 Å². The van der Waals surface area contributed by atoms with Crippen molar-refractivity contribution in [1.82, 2.24) is 10.0 Å². The van der Waals surface area contributed by atoms with E-state index in [1.807, 2.05) is 19.1 Å². The summed E-state index contributed by atoms with van der Waals surface area (Å²) in [6.07, 6.45) is 3.42. The van der Waals surface area contributed by atoms with Crippen LogP contribution in [0.25, 0.3) is 11.1 Å². The second kappa shape index (κ2) is 10.1. The highest BCUT2D eigenvalue weighted by Gasteiger charge is 2.44. The lowest BCUT2D eigenvalue weighted by Crippen LogP contribution is -2.51. The number of sulfone groups is 1. The predicted octanol–water partition coefficient (Wildman–Crippen LogP) is 2.73. The van der Waals surface area contributed by atoms with Gasteiger partial charge in [0.1, 0.15) is 5.82 Å². The van der Waals surface area contributed by atoms with Gasteiger partial charge >= 0.3 is 0 Å². The number of carbonyl (C=O) groups excluding carboxylic acids is 1. The second-order valence-electron chi connectivity index (χ2n) is 8.53. The number of carbonyl (C=O) groups is 1. The fourth-order valence-electron chi connectivity index (χ4n) is 3.51. The topological polar surface area (TPSA) is 104 Å². The molecule has 2 atom stereocenters. The highest BCUT2D eigenvalue weighted by Crippen LogP contribution is 2.24. The van der Waals surface area contributed by atoms with Gasteiger partial charge in [-0.3, -0.25) is 9.59 Å². The van der Waals surface area contributed by atoms with Crippen molar-refractivity contribution in [2.24, 2.45) is 0 Å². The molecule has 33 heavy (non-hydrogen) atoms. The van der Waals surface area contributed by atoms with Gasteiger partial charge in [-0.05, 0) is 38.7 Å². The number of hydrogen-bond donors (Lipinski definition) is 1. The van der Waals surface area contributed by atoms with Gasteiger partial charge in [0.15, 0.2) is 20.9 Å². The predicted molar refractivity (Wildman–Crippen MR) is 122 cm³/mol. The van der Waals surface area contributed by atoms with E-state index in [-0.39, 0.29) is 18.5 Å². The van der Waals surface area contributed by atoms with Crippen molar-refractivity contribution in [1.29, 1.82) is 0 Å². The van der Waals surface area contributed by atoms with Crippen LogP contribution in [0, 0.1) is 12.7 Å². The minimum atomic E-state index is -3.91. The van der Waals surface area contributed by atoms with Crippen molar-refractivity contribution in [3.05, 3.63) is 58.3 Å². The fourth-order valence-corrected chi connectivity index (χ4v) is 4.35. The molecular formula is C23H29FN2O6S. The highest BCUT2D eigenvalue weighted by molar-refractivity contribution is 7.92. The molecule has 1 aliphatic rings. The molecular weight excluding hydrogens is 451 g/mol. The van der Waals surface area contributed by atoms with Crippen molar-refractivity contribution in [2.75, 3.05) is 12.9 Å². The Labute approximate surface area is 192 Å². The Kier molecular flexibility index (Phi) is 7.71. The average molecular weight is 481 g/mol. The number of ether oxygens (including phenoxy) is 1. The highest BCUT2D eigenvalue weighted by atomic mass is 32.2. The molecule has 1 fully saturated rings. The van der Waals surface area contributed by atoms with Crippen LogP contribution in [0.3, 0.4) is 0 Å². The summed E-state index contributed by atoms with van der Waals surface area (Å²) in [5, 5.41) is 0. The first-order chi connectivity index (χ1) is 15.5. The molecule has 1 saturated heterocycles. The van der Waals surface area contributed by atoms with Gasteiger partial charge in [-0.1, -0.05) is 29.8 Å². The van der Waals surface area contributed by atoms with Gasteiger partial charge in [0.25, 0.3) is 11.5 Å². The van der Waals surface area contributed by atoms with Gasteiger partial charge in [-0.15, -0.1) is 0 Å². The van der Waals surface area contributed by atoms with E-state index >= 15 is 0 Å². The summed E-state index contributed by atoms with van der Waals surface area (Å²) in [5.74, 6) is -1.49. The number of nitrogens with zero attached hydrogens (tertiary/aromatic N) is 1. The van der Waals surface area contributed by atoms with Gasteiger partial charge in [-0.2, -0.15) is 0 Å². The molecule has 10 heteroatoms. The number of pyridine rings is 1. The number of benzene rings is 1. The number of hydrogen-bond acceptors (Lipinski definition) is 6. The molecule has 0 spiro atoms. The zero-order valence-electron chi connectivity index (χ0n) is 19.0. The maximum Gasteiger partial charge on any atom is 0.264 e. The zero-order valence-corrected chi connectivity index (χ0v) is 19.8. The summed E-state index contributed by atoms with van der Waals surface area (Å²) in [7, 11) is -3.91. The van der Waals surface area contributed by atoms with Crippen LogP contribution in [-0.2, 0) is 30.8 Å². The molecule has 2 heterocycles. The van der Waals surface area contributed by atoms with E-state index in [9.17, 15) is 22.4 Å². The summed E-state index contributed by atoms with van der Waals surface area (Å²) in [6, 6.07) is 8.24. The Balaban J connectivity index is 1.76. The van der Waals surface area contributed by atoms with Crippen molar-refractivity contribution in [3.8, 4) is 11.1 Å². The van der Waals surface area contributed by atoms with Gasteiger partial charge in [-0.25, -0.2) is 23.1 Å². The normalized spacial score (nSPS) is 18.5. The van der Waals surface area contributed by atoms with Gasteiger partial charge in [0, 0.05) is 43.7 Å². The number of aromatic nitrogens is 1. The molecule has 180 valence electrons. The molecule has 0 aliphatic carbocycles. The van der Waals surface area contributed by atoms with Gasteiger partial charge in [0.05, 0.1) is 0 Å². The smallest absolute Gasteiger partial charge is 0.264 e. The van der Waals surface area contributed by atoms with E-state index in [0.29, 0.717) is 18.6 Å².